The lowest BCUT2D eigenvalue weighted by Gasteiger charge is -2.36. The standard InChI is InChI=1S/C19H26ClFN2O/c1-13-8-14(2)10-23(9-13)19(24)12-22(15-6-7-15)11-16-17(20)4-3-5-18(16)21/h3-5,13-15H,6-12H2,1-2H3. The van der Waals surface area contributed by atoms with Crippen LogP contribution in [-0.4, -0.2) is 41.4 Å². The number of benzene rings is 1. The Hall–Kier alpha value is -1.13. The van der Waals surface area contributed by atoms with Gasteiger partial charge in [0.05, 0.1) is 6.54 Å². The predicted octanol–water partition coefficient (Wildman–Crippen LogP) is 3.95. The van der Waals surface area contributed by atoms with Gasteiger partial charge in [-0.05, 0) is 43.2 Å². The van der Waals surface area contributed by atoms with Crippen LogP contribution in [0.5, 0.6) is 0 Å². The molecule has 0 aromatic heterocycles. The molecule has 5 heteroatoms. The highest BCUT2D eigenvalue weighted by molar-refractivity contribution is 6.31. The zero-order valence-electron chi connectivity index (χ0n) is 14.5. The number of hydrogen-bond acceptors (Lipinski definition) is 2. The Balaban J connectivity index is 1.67. The molecule has 1 amide bonds. The van der Waals surface area contributed by atoms with Crippen molar-refractivity contribution in [2.75, 3.05) is 19.6 Å². The lowest BCUT2D eigenvalue weighted by molar-refractivity contribution is -0.135. The molecule has 2 fully saturated rings. The van der Waals surface area contributed by atoms with E-state index in [4.69, 9.17) is 11.6 Å². The molecule has 2 unspecified atom stereocenters. The molecule has 1 aromatic rings. The number of hydrogen-bond donors (Lipinski definition) is 0. The molecule has 1 saturated heterocycles. The van der Waals surface area contributed by atoms with Gasteiger partial charge in [-0.3, -0.25) is 9.69 Å². The van der Waals surface area contributed by atoms with Gasteiger partial charge in [-0.2, -0.15) is 0 Å². The van der Waals surface area contributed by atoms with Crippen molar-refractivity contribution >= 4 is 17.5 Å². The molecule has 0 N–H and O–H groups in total. The van der Waals surface area contributed by atoms with Gasteiger partial charge in [-0.25, -0.2) is 4.39 Å². The molecule has 24 heavy (non-hydrogen) atoms. The summed E-state index contributed by atoms with van der Waals surface area (Å²) in [5, 5.41) is 0.438. The SMILES string of the molecule is CC1CC(C)CN(C(=O)CN(Cc2c(F)cccc2Cl)C2CC2)C1. The molecule has 132 valence electrons. The monoisotopic (exact) mass is 352 g/mol. The summed E-state index contributed by atoms with van der Waals surface area (Å²) in [5.41, 5.74) is 0.499. The van der Waals surface area contributed by atoms with Gasteiger partial charge in [0.15, 0.2) is 0 Å². The summed E-state index contributed by atoms with van der Waals surface area (Å²) in [7, 11) is 0. The number of halogens is 2. The van der Waals surface area contributed by atoms with Crippen LogP contribution in [-0.2, 0) is 11.3 Å². The third-order valence-electron chi connectivity index (χ3n) is 5.05. The molecule has 1 saturated carbocycles. The van der Waals surface area contributed by atoms with E-state index in [0.717, 1.165) is 25.9 Å². The fourth-order valence-electron chi connectivity index (χ4n) is 3.78. The molecule has 1 heterocycles. The maximum Gasteiger partial charge on any atom is 0.236 e. The zero-order chi connectivity index (χ0) is 17.3. The van der Waals surface area contributed by atoms with E-state index in [1.165, 1.54) is 12.5 Å². The molecule has 2 atom stereocenters. The second-order valence-electron chi connectivity index (χ2n) is 7.58. The summed E-state index contributed by atoms with van der Waals surface area (Å²) in [4.78, 5) is 16.8. The van der Waals surface area contributed by atoms with E-state index in [2.05, 4.69) is 18.7 Å². The van der Waals surface area contributed by atoms with Crippen LogP contribution < -0.4 is 0 Å². The van der Waals surface area contributed by atoms with Crippen LogP contribution in [0.4, 0.5) is 4.39 Å². The minimum atomic E-state index is -0.291. The van der Waals surface area contributed by atoms with E-state index in [9.17, 15) is 9.18 Å². The highest BCUT2D eigenvalue weighted by atomic mass is 35.5. The van der Waals surface area contributed by atoms with Crippen molar-refractivity contribution in [2.24, 2.45) is 11.8 Å². The van der Waals surface area contributed by atoms with Gasteiger partial charge in [0, 0.05) is 36.3 Å². The topological polar surface area (TPSA) is 23.6 Å². The smallest absolute Gasteiger partial charge is 0.236 e. The van der Waals surface area contributed by atoms with Crippen molar-refractivity contribution in [3.05, 3.63) is 34.6 Å². The predicted molar refractivity (Wildman–Crippen MR) is 94.4 cm³/mol. The third kappa shape index (κ3) is 4.28. The third-order valence-corrected chi connectivity index (χ3v) is 5.40. The second kappa shape index (κ2) is 7.40. The van der Waals surface area contributed by atoms with Gasteiger partial charge >= 0.3 is 0 Å². The van der Waals surface area contributed by atoms with Crippen LogP contribution in [0, 0.1) is 17.7 Å². The second-order valence-corrected chi connectivity index (χ2v) is 7.99. The summed E-state index contributed by atoms with van der Waals surface area (Å²) in [6.45, 7) is 6.83. The van der Waals surface area contributed by atoms with E-state index >= 15 is 0 Å². The fourth-order valence-corrected chi connectivity index (χ4v) is 4.00. The van der Waals surface area contributed by atoms with Crippen molar-refractivity contribution in [3.8, 4) is 0 Å². The van der Waals surface area contributed by atoms with Gasteiger partial charge < -0.3 is 4.90 Å². The molecule has 0 spiro atoms. The minimum Gasteiger partial charge on any atom is -0.341 e. The van der Waals surface area contributed by atoms with Crippen molar-refractivity contribution in [3.63, 3.8) is 0 Å². The van der Waals surface area contributed by atoms with Gasteiger partial charge in [0.2, 0.25) is 5.91 Å². The number of nitrogens with zero attached hydrogens (tertiary/aromatic N) is 2. The Kier molecular flexibility index (Phi) is 5.46. The van der Waals surface area contributed by atoms with E-state index in [1.807, 2.05) is 4.90 Å². The molecule has 1 aliphatic heterocycles. The van der Waals surface area contributed by atoms with Crippen LogP contribution in [0.3, 0.4) is 0 Å². The summed E-state index contributed by atoms with van der Waals surface area (Å²) in [6, 6.07) is 5.14. The highest BCUT2D eigenvalue weighted by Crippen LogP contribution is 2.31. The largest absolute Gasteiger partial charge is 0.341 e. The number of rotatable bonds is 5. The molecule has 1 aliphatic carbocycles. The molecule has 3 nitrogen and oxygen atoms in total. The number of piperidine rings is 1. The molecular weight excluding hydrogens is 327 g/mol. The fraction of sp³-hybridized carbons (Fsp3) is 0.632. The Labute approximate surface area is 148 Å². The van der Waals surface area contributed by atoms with Crippen LogP contribution in [0.25, 0.3) is 0 Å². The first kappa shape index (κ1) is 17.7. The van der Waals surface area contributed by atoms with Gasteiger partial charge in [0.25, 0.3) is 0 Å². The molecule has 1 aromatic carbocycles. The quantitative estimate of drug-likeness (QED) is 0.801. The molecule has 2 aliphatic rings. The summed E-state index contributed by atoms with van der Waals surface area (Å²) in [6.07, 6.45) is 3.33. The molecule has 0 bridgehead atoms. The first-order valence-electron chi connectivity index (χ1n) is 8.88. The Morgan fingerprint density at radius 2 is 1.96 bits per heavy atom. The van der Waals surface area contributed by atoms with Gasteiger partial charge in [-0.1, -0.05) is 31.5 Å². The number of likely N-dealkylation sites (tertiary alicyclic amines) is 1. The normalized spacial score (nSPS) is 24.5. The maximum absolute atomic E-state index is 14.1. The number of carbonyl (C=O) groups excluding carboxylic acids is 1. The minimum absolute atomic E-state index is 0.160. The van der Waals surface area contributed by atoms with Gasteiger partial charge in [-0.15, -0.1) is 0 Å². The highest BCUT2D eigenvalue weighted by Gasteiger charge is 2.33. The van der Waals surface area contributed by atoms with Crippen LogP contribution in [0.1, 0.15) is 38.7 Å². The summed E-state index contributed by atoms with van der Waals surface area (Å²) < 4.78 is 14.1. The maximum atomic E-state index is 14.1. The van der Waals surface area contributed by atoms with E-state index < -0.39 is 0 Å². The van der Waals surface area contributed by atoms with E-state index in [0.29, 0.717) is 41.6 Å². The van der Waals surface area contributed by atoms with Crippen LogP contribution in [0.15, 0.2) is 18.2 Å². The first-order valence-corrected chi connectivity index (χ1v) is 9.26. The average Bonchev–Trinajstić information content (AvgIpc) is 3.33. The Bertz CT molecular complexity index is 575. The zero-order valence-corrected chi connectivity index (χ0v) is 15.2. The van der Waals surface area contributed by atoms with E-state index in [-0.39, 0.29) is 11.7 Å². The molecule has 0 radical (unpaired) electrons. The van der Waals surface area contributed by atoms with E-state index in [1.54, 1.807) is 12.1 Å². The Morgan fingerprint density at radius 1 is 1.29 bits per heavy atom. The average molecular weight is 353 g/mol. The van der Waals surface area contributed by atoms with Crippen LogP contribution >= 0.6 is 11.6 Å². The lowest BCUT2D eigenvalue weighted by Crippen LogP contribution is -2.47. The Morgan fingerprint density at radius 3 is 2.54 bits per heavy atom. The summed E-state index contributed by atoms with van der Waals surface area (Å²) in [5.74, 6) is 0.967. The molecular formula is C19H26ClFN2O. The summed E-state index contributed by atoms with van der Waals surface area (Å²) >= 11 is 6.16. The van der Waals surface area contributed by atoms with Crippen LogP contribution in [0.2, 0.25) is 5.02 Å². The lowest BCUT2D eigenvalue weighted by atomic mass is 9.92. The van der Waals surface area contributed by atoms with Gasteiger partial charge in [0.1, 0.15) is 5.82 Å². The van der Waals surface area contributed by atoms with Crippen molar-refractivity contribution < 1.29 is 9.18 Å². The molecule has 3 rings (SSSR count). The van der Waals surface area contributed by atoms with Crippen molar-refractivity contribution in [2.45, 2.75) is 45.7 Å². The number of amides is 1. The van der Waals surface area contributed by atoms with Crippen molar-refractivity contribution in [1.29, 1.82) is 0 Å². The first-order chi connectivity index (χ1) is 11.4. The number of carbonyl (C=O) groups is 1. The van der Waals surface area contributed by atoms with Crippen molar-refractivity contribution in [1.82, 2.24) is 9.80 Å².